The van der Waals surface area contributed by atoms with Crippen LogP contribution in [-0.2, 0) is 16.1 Å². The lowest BCUT2D eigenvalue weighted by molar-refractivity contribution is -0.136. The Hall–Kier alpha value is -6.91. The van der Waals surface area contributed by atoms with Gasteiger partial charge in [-0.15, -0.1) is 0 Å². The SMILES string of the molecule is Cc1ccc(NC(=O)c2ccc(N3CCC(N4CCN(Cc5cc(F)c6c(c5)C(=O)N(C5CCC(=O)NC5=O)C6=O)CC4)CC3)cc2)cc1Nc1nccc(-c2cccnc2)n1. The van der Waals surface area contributed by atoms with Gasteiger partial charge in [-0.1, -0.05) is 6.07 Å². The number of benzene rings is 3. The van der Waals surface area contributed by atoms with Gasteiger partial charge in [-0.05, 0) is 104 Å². The number of carbonyl (C=O) groups is 5. The van der Waals surface area contributed by atoms with E-state index in [1.54, 1.807) is 24.7 Å². The van der Waals surface area contributed by atoms with Gasteiger partial charge in [0.05, 0.1) is 16.8 Å². The fourth-order valence-corrected chi connectivity index (χ4v) is 8.80. The van der Waals surface area contributed by atoms with Crippen molar-refractivity contribution in [3.63, 3.8) is 0 Å². The number of aryl methyl sites for hydroxylation is 1. The summed E-state index contributed by atoms with van der Waals surface area (Å²) in [5, 5.41) is 8.47. The summed E-state index contributed by atoms with van der Waals surface area (Å²) in [6, 6.07) is 21.2. The van der Waals surface area contributed by atoms with Crippen molar-refractivity contribution in [1.82, 2.24) is 35.0 Å². The molecule has 0 bridgehead atoms. The number of piperazine rings is 1. The van der Waals surface area contributed by atoms with E-state index >= 15 is 4.39 Å². The Balaban J connectivity index is 0.744. The van der Waals surface area contributed by atoms with Crippen LogP contribution in [0.1, 0.15) is 67.9 Å². The molecule has 9 rings (SSSR count). The van der Waals surface area contributed by atoms with Crippen LogP contribution in [-0.4, -0.2) is 111 Å². The molecule has 62 heavy (non-hydrogen) atoms. The third kappa shape index (κ3) is 8.38. The van der Waals surface area contributed by atoms with Crippen molar-refractivity contribution in [3.05, 3.63) is 125 Å². The van der Waals surface area contributed by atoms with E-state index in [1.807, 2.05) is 67.6 Å². The number of rotatable bonds is 10. The third-order valence-electron chi connectivity index (χ3n) is 12.2. The number of aromatic nitrogens is 3. The number of halogens is 1. The van der Waals surface area contributed by atoms with Gasteiger partial charge in [0.25, 0.3) is 17.7 Å². The van der Waals surface area contributed by atoms with Crippen LogP contribution in [0.15, 0.2) is 91.4 Å². The summed E-state index contributed by atoms with van der Waals surface area (Å²) in [6.45, 7) is 7.43. The van der Waals surface area contributed by atoms with Gasteiger partial charge in [0.15, 0.2) is 0 Å². The molecule has 2 aromatic heterocycles. The summed E-state index contributed by atoms with van der Waals surface area (Å²) in [6.07, 6.45) is 7.18. The Kier molecular flexibility index (Phi) is 11.2. The number of nitrogens with one attached hydrogen (secondary N) is 3. The maximum Gasteiger partial charge on any atom is 0.265 e. The van der Waals surface area contributed by atoms with Crippen LogP contribution >= 0.6 is 0 Å². The zero-order valence-electron chi connectivity index (χ0n) is 34.1. The molecule has 4 aliphatic rings. The van der Waals surface area contributed by atoms with Gasteiger partial charge < -0.3 is 15.5 Å². The van der Waals surface area contributed by atoms with Gasteiger partial charge in [-0.3, -0.25) is 49.0 Å². The van der Waals surface area contributed by atoms with Crippen LogP contribution in [0.3, 0.4) is 0 Å². The van der Waals surface area contributed by atoms with Crippen molar-refractivity contribution in [3.8, 4) is 11.3 Å². The predicted molar refractivity (Wildman–Crippen MR) is 229 cm³/mol. The zero-order chi connectivity index (χ0) is 42.9. The van der Waals surface area contributed by atoms with Gasteiger partial charge in [0.2, 0.25) is 17.8 Å². The van der Waals surface area contributed by atoms with Crippen molar-refractivity contribution in [2.75, 3.05) is 54.8 Å². The number of piperidine rings is 2. The molecule has 15 nitrogen and oxygen atoms in total. The highest BCUT2D eigenvalue weighted by molar-refractivity contribution is 6.23. The molecule has 16 heteroatoms. The normalized spacial score (nSPS) is 18.8. The van der Waals surface area contributed by atoms with E-state index in [1.165, 1.54) is 6.07 Å². The Labute approximate surface area is 357 Å². The van der Waals surface area contributed by atoms with Gasteiger partial charge in [0, 0.05) is 105 Å². The first-order valence-corrected chi connectivity index (χ1v) is 20.9. The molecule has 5 amide bonds. The van der Waals surface area contributed by atoms with Gasteiger partial charge in [-0.2, -0.15) is 0 Å². The van der Waals surface area contributed by atoms with E-state index in [-0.39, 0.29) is 29.9 Å². The molecule has 3 N–H and O–H groups in total. The molecule has 3 fully saturated rings. The predicted octanol–water partition coefficient (Wildman–Crippen LogP) is 5.17. The highest BCUT2D eigenvalue weighted by Gasteiger charge is 2.46. The van der Waals surface area contributed by atoms with Crippen molar-refractivity contribution in [2.24, 2.45) is 0 Å². The number of pyridine rings is 1. The number of hydrogen-bond donors (Lipinski definition) is 3. The molecule has 1 unspecified atom stereocenters. The summed E-state index contributed by atoms with van der Waals surface area (Å²) in [5.41, 5.74) is 5.88. The molecule has 316 valence electrons. The van der Waals surface area contributed by atoms with Crippen LogP contribution in [0, 0.1) is 12.7 Å². The van der Waals surface area contributed by atoms with Gasteiger partial charge in [0.1, 0.15) is 11.9 Å². The zero-order valence-corrected chi connectivity index (χ0v) is 34.1. The molecular formula is C46H45FN10O5. The summed E-state index contributed by atoms with van der Waals surface area (Å²) in [4.78, 5) is 84.8. The molecule has 0 radical (unpaired) electrons. The smallest absolute Gasteiger partial charge is 0.265 e. The van der Waals surface area contributed by atoms with Crippen LogP contribution in [0.4, 0.5) is 27.4 Å². The molecule has 3 aromatic carbocycles. The van der Waals surface area contributed by atoms with E-state index < -0.39 is 35.5 Å². The molecule has 0 saturated carbocycles. The fourth-order valence-electron chi connectivity index (χ4n) is 8.80. The quantitative estimate of drug-likeness (QED) is 0.158. The van der Waals surface area contributed by atoms with Crippen molar-refractivity contribution in [1.29, 1.82) is 0 Å². The molecule has 3 saturated heterocycles. The Morgan fingerprint density at radius 3 is 2.40 bits per heavy atom. The Bertz CT molecular complexity index is 2560. The molecule has 5 aromatic rings. The fraction of sp³-hybridized carbons (Fsp3) is 0.304. The molecule has 6 heterocycles. The summed E-state index contributed by atoms with van der Waals surface area (Å²) >= 11 is 0. The minimum atomic E-state index is -1.14. The van der Waals surface area contributed by atoms with Crippen LogP contribution in [0.25, 0.3) is 11.3 Å². The maximum absolute atomic E-state index is 15.3. The number of anilines is 4. The lowest BCUT2D eigenvalue weighted by atomic mass is 10.0. The van der Waals surface area contributed by atoms with E-state index in [2.05, 4.69) is 45.6 Å². The van der Waals surface area contributed by atoms with E-state index in [9.17, 15) is 24.0 Å². The summed E-state index contributed by atoms with van der Waals surface area (Å²) < 4.78 is 15.3. The molecular weight excluding hydrogens is 792 g/mol. The van der Waals surface area contributed by atoms with Crippen molar-refractivity contribution < 1.29 is 28.4 Å². The summed E-state index contributed by atoms with van der Waals surface area (Å²) in [5.74, 6) is -3.30. The third-order valence-corrected chi connectivity index (χ3v) is 12.2. The molecule has 1 atom stereocenters. The summed E-state index contributed by atoms with van der Waals surface area (Å²) in [7, 11) is 0. The average molecular weight is 837 g/mol. The van der Waals surface area contributed by atoms with Crippen LogP contribution in [0.5, 0.6) is 0 Å². The van der Waals surface area contributed by atoms with Gasteiger partial charge >= 0.3 is 0 Å². The number of hydrogen-bond acceptors (Lipinski definition) is 12. The maximum atomic E-state index is 15.3. The van der Waals surface area contributed by atoms with Crippen LogP contribution < -0.4 is 20.9 Å². The Morgan fingerprint density at radius 2 is 1.66 bits per heavy atom. The van der Waals surface area contributed by atoms with Gasteiger partial charge in [-0.25, -0.2) is 14.4 Å². The first-order valence-electron chi connectivity index (χ1n) is 20.9. The van der Waals surface area contributed by atoms with E-state index in [4.69, 9.17) is 0 Å². The number of imide groups is 2. The standard InChI is InChI=1S/C46H45FN10O5/c1-28-4-7-32(25-38(28)52-46-49-16-12-37(51-46)31-3-2-15-48-26-31)50-42(59)30-5-8-33(9-6-30)55-17-13-34(14-18-55)56-21-19-54(20-22-56)27-29-23-35-41(36(47)24-29)45(62)57(44(35)61)39-10-11-40(58)53-43(39)60/h2-9,12,15-16,23-26,34,39H,10-11,13-14,17-22,27H2,1H3,(H,50,59)(H,49,51,52)(H,53,58,60). The minimum Gasteiger partial charge on any atom is -0.371 e. The van der Waals surface area contributed by atoms with E-state index in [0.29, 0.717) is 35.3 Å². The highest BCUT2D eigenvalue weighted by Crippen LogP contribution is 2.32. The Morgan fingerprint density at radius 1 is 0.871 bits per heavy atom. The molecule has 0 spiro atoms. The number of amides is 5. The number of nitrogens with zero attached hydrogens (tertiary/aromatic N) is 7. The monoisotopic (exact) mass is 836 g/mol. The first kappa shape index (κ1) is 40.5. The number of fused-ring (bicyclic) bond motifs is 1. The first-order chi connectivity index (χ1) is 30.1. The lowest BCUT2D eigenvalue weighted by Crippen LogP contribution is -2.54. The topological polar surface area (TPSA) is 173 Å². The highest BCUT2D eigenvalue weighted by atomic mass is 19.1. The van der Waals surface area contributed by atoms with Crippen LogP contribution in [0.2, 0.25) is 0 Å². The minimum absolute atomic E-state index is 0.00198. The second kappa shape index (κ2) is 17.2. The largest absolute Gasteiger partial charge is 0.371 e. The molecule has 0 aliphatic carbocycles. The second-order valence-corrected chi connectivity index (χ2v) is 16.1. The molecule has 4 aliphatic heterocycles. The second-order valence-electron chi connectivity index (χ2n) is 16.1. The lowest BCUT2D eigenvalue weighted by Gasteiger charge is -2.43. The van der Waals surface area contributed by atoms with Crippen molar-refractivity contribution >= 4 is 52.5 Å². The number of carbonyl (C=O) groups excluding carboxylic acids is 5. The van der Waals surface area contributed by atoms with E-state index in [0.717, 1.165) is 85.2 Å². The average Bonchev–Trinajstić information content (AvgIpc) is 3.54. The van der Waals surface area contributed by atoms with Crippen molar-refractivity contribution in [2.45, 2.75) is 51.2 Å².